The first kappa shape index (κ1) is 30.2. The van der Waals surface area contributed by atoms with E-state index >= 15 is 0 Å². The Bertz CT molecular complexity index is 1560. The Balaban J connectivity index is 1.44. The van der Waals surface area contributed by atoms with Gasteiger partial charge >= 0.3 is 5.97 Å². The van der Waals surface area contributed by atoms with E-state index < -0.39 is 34.5 Å². The molecule has 1 aliphatic rings. The minimum absolute atomic E-state index is 0.0137. The normalized spacial score (nSPS) is 16.0. The summed E-state index contributed by atoms with van der Waals surface area (Å²) in [5.74, 6) is -1.93. The highest BCUT2D eigenvalue weighted by atomic mass is 32.2. The summed E-state index contributed by atoms with van der Waals surface area (Å²) in [6.07, 6.45) is 5.44. The first-order valence-electron chi connectivity index (χ1n) is 13.4. The molecule has 0 fully saturated rings. The van der Waals surface area contributed by atoms with Crippen LogP contribution in [0, 0.1) is 20.8 Å². The summed E-state index contributed by atoms with van der Waals surface area (Å²) < 4.78 is 30.1. The van der Waals surface area contributed by atoms with E-state index in [0.717, 1.165) is 36.2 Å². The number of carboxylic acids is 1. The molecule has 2 unspecified atom stereocenters. The summed E-state index contributed by atoms with van der Waals surface area (Å²) in [5.41, 5.74) is 3.71. The van der Waals surface area contributed by atoms with Gasteiger partial charge in [-0.15, -0.1) is 0 Å². The number of hydrogen-bond donors (Lipinski definition) is 6. The summed E-state index contributed by atoms with van der Waals surface area (Å²) in [4.78, 5) is 25.2. The van der Waals surface area contributed by atoms with Crippen LogP contribution >= 0.6 is 0 Å². The van der Waals surface area contributed by atoms with Crippen LogP contribution in [0.2, 0.25) is 0 Å². The standard InChI is InChI=1S/C28H37N7O5S/c1-17-14-18(2)25(19(3)15-17)41(39,40)34-23(27(37)38)16-32-26(36)21-9-5-8-20-22(33-35(4)24(20)21)10-6-11-29-28-30-12-7-13-31-28/h5,7-9,12,14-15,23,28-31,34H,6,10-11,13,16H2,1-4H3,(H,32,36)(H,37,38). The number of nitrogens with zero attached hydrogens (tertiary/aromatic N) is 2. The molecule has 6 N–H and O–H groups in total. The Labute approximate surface area is 239 Å². The summed E-state index contributed by atoms with van der Waals surface area (Å²) in [6, 6.07) is 7.17. The van der Waals surface area contributed by atoms with E-state index in [1.807, 2.05) is 25.3 Å². The SMILES string of the molecule is Cc1cc(C)c(S(=O)(=O)NC(CNC(=O)c2cccc3c(CCCNC4NC=CCN4)nn(C)c23)C(=O)O)c(C)c1. The van der Waals surface area contributed by atoms with Gasteiger partial charge in [-0.2, -0.15) is 9.82 Å². The van der Waals surface area contributed by atoms with Crippen molar-refractivity contribution in [3.8, 4) is 0 Å². The summed E-state index contributed by atoms with van der Waals surface area (Å²) in [5, 5.41) is 27.6. The summed E-state index contributed by atoms with van der Waals surface area (Å²) in [6.45, 7) is 6.29. The van der Waals surface area contributed by atoms with Crippen LogP contribution in [0.5, 0.6) is 0 Å². The molecule has 12 nitrogen and oxygen atoms in total. The van der Waals surface area contributed by atoms with Gasteiger partial charge in [0.2, 0.25) is 10.0 Å². The fourth-order valence-electron chi connectivity index (χ4n) is 5.19. The first-order chi connectivity index (χ1) is 19.5. The average molecular weight is 584 g/mol. The Hall–Kier alpha value is -3.78. The number of para-hydroxylation sites is 1. The van der Waals surface area contributed by atoms with Gasteiger partial charge in [0.05, 0.1) is 21.7 Å². The number of benzene rings is 2. The predicted molar refractivity (Wildman–Crippen MR) is 156 cm³/mol. The smallest absolute Gasteiger partial charge is 0.323 e. The minimum Gasteiger partial charge on any atom is -0.480 e. The minimum atomic E-state index is -4.16. The molecule has 2 heterocycles. The topological polar surface area (TPSA) is 166 Å². The molecule has 41 heavy (non-hydrogen) atoms. The molecule has 0 saturated heterocycles. The number of rotatable bonds is 12. The highest BCUT2D eigenvalue weighted by molar-refractivity contribution is 7.89. The molecule has 0 spiro atoms. The van der Waals surface area contributed by atoms with Crippen molar-refractivity contribution in [2.24, 2.45) is 7.05 Å². The van der Waals surface area contributed by atoms with Gasteiger partial charge in [-0.05, 0) is 63.6 Å². The number of carbonyl (C=O) groups is 2. The van der Waals surface area contributed by atoms with E-state index in [1.54, 1.807) is 49.8 Å². The zero-order valence-electron chi connectivity index (χ0n) is 23.6. The lowest BCUT2D eigenvalue weighted by atomic mass is 10.1. The molecule has 0 aliphatic carbocycles. The number of aryl methyl sites for hydroxylation is 5. The second-order valence-corrected chi connectivity index (χ2v) is 11.8. The molecule has 3 aromatic rings. The van der Waals surface area contributed by atoms with Gasteiger partial charge in [-0.25, -0.2) is 8.42 Å². The molecule has 1 amide bonds. The number of amides is 1. The molecular formula is C28H37N7O5S. The molecule has 0 saturated carbocycles. The van der Waals surface area contributed by atoms with Crippen LogP contribution in [0.15, 0.2) is 47.5 Å². The molecule has 220 valence electrons. The van der Waals surface area contributed by atoms with E-state index in [-0.39, 0.29) is 11.2 Å². The second-order valence-electron chi connectivity index (χ2n) is 10.2. The summed E-state index contributed by atoms with van der Waals surface area (Å²) in [7, 11) is -2.41. The van der Waals surface area contributed by atoms with Gasteiger partial charge in [0, 0.05) is 25.5 Å². The molecule has 1 aliphatic heterocycles. The Kier molecular flexibility index (Phi) is 9.43. The fraction of sp³-hybridized carbons (Fsp3) is 0.393. The van der Waals surface area contributed by atoms with Gasteiger partial charge in [0.1, 0.15) is 12.3 Å². The van der Waals surface area contributed by atoms with E-state index in [1.165, 1.54) is 0 Å². The van der Waals surface area contributed by atoms with Crippen LogP contribution in [0.3, 0.4) is 0 Å². The van der Waals surface area contributed by atoms with E-state index in [9.17, 15) is 23.1 Å². The molecule has 4 rings (SSSR count). The maximum atomic E-state index is 13.2. The zero-order chi connectivity index (χ0) is 29.7. The Morgan fingerprint density at radius 1 is 1.20 bits per heavy atom. The number of hydrogen-bond acceptors (Lipinski definition) is 8. The number of sulfonamides is 1. The van der Waals surface area contributed by atoms with Gasteiger partial charge in [-0.3, -0.25) is 24.9 Å². The zero-order valence-corrected chi connectivity index (χ0v) is 24.4. The molecular weight excluding hydrogens is 546 g/mol. The van der Waals surface area contributed by atoms with Crippen molar-refractivity contribution >= 4 is 32.8 Å². The van der Waals surface area contributed by atoms with Gasteiger partial charge < -0.3 is 15.7 Å². The Morgan fingerprint density at radius 3 is 2.59 bits per heavy atom. The first-order valence-corrected chi connectivity index (χ1v) is 14.9. The van der Waals surface area contributed by atoms with Crippen molar-refractivity contribution in [3.63, 3.8) is 0 Å². The number of carbonyl (C=O) groups excluding carboxylic acids is 1. The van der Waals surface area contributed by atoms with Crippen LogP contribution in [0.25, 0.3) is 10.9 Å². The van der Waals surface area contributed by atoms with Crippen LogP contribution in [-0.4, -0.2) is 67.1 Å². The highest BCUT2D eigenvalue weighted by Gasteiger charge is 2.29. The monoisotopic (exact) mass is 583 g/mol. The van der Waals surface area contributed by atoms with Crippen LogP contribution in [-0.2, 0) is 28.3 Å². The lowest BCUT2D eigenvalue weighted by Crippen LogP contribution is -2.53. The van der Waals surface area contributed by atoms with Gasteiger partial charge in [0.25, 0.3) is 5.91 Å². The molecule has 0 radical (unpaired) electrons. The molecule has 0 bridgehead atoms. The van der Waals surface area contributed by atoms with Crippen LogP contribution < -0.4 is 26.0 Å². The third kappa shape index (κ3) is 7.11. The predicted octanol–water partition coefficient (Wildman–Crippen LogP) is 1.17. The number of fused-ring (bicyclic) bond motifs is 1. The second kappa shape index (κ2) is 12.8. The van der Waals surface area contributed by atoms with Gasteiger partial charge in [0.15, 0.2) is 0 Å². The third-order valence-corrected chi connectivity index (χ3v) is 8.66. The van der Waals surface area contributed by atoms with Crippen molar-refractivity contribution in [1.29, 1.82) is 0 Å². The average Bonchev–Trinajstić information content (AvgIpc) is 3.24. The number of nitrogens with one attached hydrogen (secondary N) is 5. The maximum Gasteiger partial charge on any atom is 0.323 e. The van der Waals surface area contributed by atoms with Crippen molar-refractivity contribution in [2.45, 2.75) is 50.8 Å². The highest BCUT2D eigenvalue weighted by Crippen LogP contribution is 2.24. The van der Waals surface area contributed by atoms with E-state index in [0.29, 0.717) is 28.6 Å². The Morgan fingerprint density at radius 2 is 1.93 bits per heavy atom. The fourth-order valence-corrected chi connectivity index (χ4v) is 6.83. The van der Waals surface area contributed by atoms with E-state index in [4.69, 9.17) is 0 Å². The largest absolute Gasteiger partial charge is 0.480 e. The number of aromatic nitrogens is 2. The van der Waals surface area contributed by atoms with Crippen molar-refractivity contribution in [2.75, 3.05) is 19.6 Å². The van der Waals surface area contributed by atoms with Crippen molar-refractivity contribution in [3.05, 3.63) is 70.6 Å². The number of carboxylic acid groups (broad SMARTS) is 1. The molecule has 1 aromatic heterocycles. The van der Waals surface area contributed by atoms with Crippen LogP contribution in [0.4, 0.5) is 0 Å². The molecule has 13 heteroatoms. The van der Waals surface area contributed by atoms with Crippen LogP contribution in [0.1, 0.15) is 39.2 Å². The lowest BCUT2D eigenvalue weighted by Gasteiger charge is -2.22. The lowest BCUT2D eigenvalue weighted by molar-refractivity contribution is -0.138. The van der Waals surface area contributed by atoms with Crippen molar-refractivity contribution < 1.29 is 23.1 Å². The third-order valence-electron chi connectivity index (χ3n) is 6.88. The summed E-state index contributed by atoms with van der Waals surface area (Å²) >= 11 is 0. The number of aliphatic carboxylic acids is 1. The van der Waals surface area contributed by atoms with Crippen molar-refractivity contribution in [1.82, 2.24) is 35.8 Å². The molecule has 2 atom stereocenters. The van der Waals surface area contributed by atoms with E-state index in [2.05, 4.69) is 31.1 Å². The van der Waals surface area contributed by atoms with Gasteiger partial charge in [-0.1, -0.05) is 35.9 Å². The quantitative estimate of drug-likeness (QED) is 0.172. The maximum absolute atomic E-state index is 13.2. The molecule has 2 aromatic carbocycles.